The van der Waals surface area contributed by atoms with Crippen LogP contribution in [0.25, 0.3) is 22.1 Å². The van der Waals surface area contributed by atoms with Gasteiger partial charge >= 0.3 is 5.97 Å². The monoisotopic (exact) mass is 359 g/mol. The van der Waals surface area contributed by atoms with Gasteiger partial charge in [-0.3, -0.25) is 9.52 Å². The maximum Gasteiger partial charge on any atom is 0.335 e. The van der Waals surface area contributed by atoms with Crippen LogP contribution in [0.3, 0.4) is 0 Å². The Kier molecular flexibility index (Phi) is 4.05. The van der Waals surface area contributed by atoms with Crippen LogP contribution in [0.2, 0.25) is 0 Å². The molecule has 8 heteroatoms. The molecule has 0 aliphatic heterocycles. The molecule has 0 atom stereocenters. The van der Waals surface area contributed by atoms with E-state index in [2.05, 4.69) is 4.72 Å². The Morgan fingerprint density at radius 2 is 1.80 bits per heavy atom. The molecule has 0 radical (unpaired) electrons. The Bertz CT molecular complexity index is 1130. The highest BCUT2D eigenvalue weighted by molar-refractivity contribution is 7.92. The lowest BCUT2D eigenvalue weighted by Gasteiger charge is -2.06. The zero-order valence-corrected chi connectivity index (χ0v) is 13.8. The summed E-state index contributed by atoms with van der Waals surface area (Å²) in [6.45, 7) is 0. The smallest absolute Gasteiger partial charge is 0.335 e. The third kappa shape index (κ3) is 3.53. The lowest BCUT2D eigenvalue weighted by Crippen LogP contribution is -2.09. The molecule has 128 valence electrons. The third-order valence-corrected chi connectivity index (χ3v) is 4.13. The zero-order chi connectivity index (χ0) is 18.2. The van der Waals surface area contributed by atoms with Gasteiger partial charge in [0, 0.05) is 5.69 Å². The van der Waals surface area contributed by atoms with E-state index in [0.29, 0.717) is 16.8 Å². The highest BCUT2D eigenvalue weighted by Gasteiger charge is 2.12. The van der Waals surface area contributed by atoms with E-state index < -0.39 is 16.0 Å². The maximum absolute atomic E-state index is 12.6. The summed E-state index contributed by atoms with van der Waals surface area (Å²) in [5, 5.41) is 9.25. The predicted molar refractivity (Wildman–Crippen MR) is 93.3 cm³/mol. The maximum atomic E-state index is 12.6. The summed E-state index contributed by atoms with van der Waals surface area (Å²) in [5.41, 5.74) is 1.13. The second-order valence-electron chi connectivity index (χ2n) is 5.45. The quantitative estimate of drug-likeness (QED) is 0.740. The number of sulfonamides is 1. The highest BCUT2D eigenvalue weighted by Crippen LogP contribution is 2.22. The summed E-state index contributed by atoms with van der Waals surface area (Å²) in [6.07, 6.45) is 2.31. The van der Waals surface area contributed by atoms with Gasteiger partial charge in [-0.15, -0.1) is 0 Å². The number of aromatic carboxylic acids is 1. The summed E-state index contributed by atoms with van der Waals surface area (Å²) >= 11 is 0. The van der Waals surface area contributed by atoms with Crippen molar-refractivity contribution in [3.8, 4) is 11.1 Å². The number of carboxylic acid groups (broad SMARTS) is 1. The molecular formula is C17H13NO6S. The number of benzene rings is 2. The van der Waals surface area contributed by atoms with E-state index in [0.717, 1.165) is 6.26 Å². The van der Waals surface area contributed by atoms with Crippen molar-refractivity contribution in [1.29, 1.82) is 0 Å². The molecule has 0 saturated heterocycles. The SMILES string of the molecule is CS(=O)(=O)Nc1ccc(-c2coc3cc(C(=O)O)ccc3c2=O)cc1. The first-order valence-corrected chi connectivity index (χ1v) is 9.01. The van der Waals surface area contributed by atoms with Crippen LogP contribution in [0.15, 0.2) is 57.9 Å². The van der Waals surface area contributed by atoms with E-state index in [1.165, 1.54) is 36.6 Å². The fourth-order valence-electron chi connectivity index (χ4n) is 2.39. The average Bonchev–Trinajstić information content (AvgIpc) is 2.54. The minimum atomic E-state index is -3.38. The van der Waals surface area contributed by atoms with Gasteiger partial charge in [-0.1, -0.05) is 12.1 Å². The molecule has 0 fully saturated rings. The molecule has 0 aliphatic rings. The van der Waals surface area contributed by atoms with E-state index in [4.69, 9.17) is 9.52 Å². The van der Waals surface area contributed by atoms with Gasteiger partial charge in [0.15, 0.2) is 5.43 Å². The second kappa shape index (κ2) is 6.06. The van der Waals surface area contributed by atoms with Crippen molar-refractivity contribution < 1.29 is 22.7 Å². The Hall–Kier alpha value is -3.13. The summed E-state index contributed by atoms with van der Waals surface area (Å²) in [4.78, 5) is 23.6. The standard InChI is InChI=1S/C17H13NO6S/c1-25(22,23)18-12-5-2-10(3-6-12)14-9-24-15-8-11(17(20)21)4-7-13(15)16(14)19/h2-9,18H,1H3,(H,20,21). The van der Waals surface area contributed by atoms with E-state index in [9.17, 15) is 18.0 Å². The molecule has 0 amide bonds. The molecule has 25 heavy (non-hydrogen) atoms. The van der Waals surface area contributed by atoms with Crippen LogP contribution in [0, 0.1) is 0 Å². The van der Waals surface area contributed by atoms with Crippen LogP contribution in [-0.2, 0) is 10.0 Å². The fraction of sp³-hybridized carbons (Fsp3) is 0.0588. The molecule has 0 saturated carbocycles. The number of carbonyl (C=O) groups is 1. The van der Waals surface area contributed by atoms with Crippen molar-refractivity contribution >= 4 is 32.6 Å². The topological polar surface area (TPSA) is 114 Å². The number of carboxylic acids is 1. The summed E-state index contributed by atoms with van der Waals surface area (Å²) in [5.74, 6) is -1.11. The average molecular weight is 359 g/mol. The van der Waals surface area contributed by atoms with Gasteiger partial charge in [0.05, 0.1) is 22.8 Å². The molecule has 2 N–H and O–H groups in total. The van der Waals surface area contributed by atoms with Gasteiger partial charge in [0.1, 0.15) is 11.8 Å². The second-order valence-corrected chi connectivity index (χ2v) is 7.19. The molecule has 0 aliphatic carbocycles. The van der Waals surface area contributed by atoms with E-state index in [1.807, 2.05) is 0 Å². The normalized spacial score (nSPS) is 11.4. The van der Waals surface area contributed by atoms with Gasteiger partial charge in [0.2, 0.25) is 10.0 Å². The molecule has 1 aromatic heterocycles. The number of anilines is 1. The number of hydrogen-bond donors (Lipinski definition) is 2. The van der Waals surface area contributed by atoms with Crippen LogP contribution in [0.4, 0.5) is 5.69 Å². The van der Waals surface area contributed by atoms with Crippen molar-refractivity contribution in [1.82, 2.24) is 0 Å². The van der Waals surface area contributed by atoms with Crippen molar-refractivity contribution in [2.24, 2.45) is 0 Å². The van der Waals surface area contributed by atoms with Crippen molar-refractivity contribution in [2.45, 2.75) is 0 Å². The molecule has 2 aromatic carbocycles. The van der Waals surface area contributed by atoms with Crippen LogP contribution in [0.1, 0.15) is 10.4 Å². The summed E-state index contributed by atoms with van der Waals surface area (Å²) < 4.78 is 30.2. The van der Waals surface area contributed by atoms with E-state index >= 15 is 0 Å². The van der Waals surface area contributed by atoms with Crippen molar-refractivity contribution in [3.63, 3.8) is 0 Å². The predicted octanol–water partition coefficient (Wildman–Crippen LogP) is 2.53. The number of fused-ring (bicyclic) bond motifs is 1. The van der Waals surface area contributed by atoms with Gasteiger partial charge < -0.3 is 9.52 Å². The number of hydrogen-bond acceptors (Lipinski definition) is 5. The van der Waals surface area contributed by atoms with Crippen molar-refractivity contribution in [2.75, 3.05) is 11.0 Å². The first kappa shape index (κ1) is 16.7. The van der Waals surface area contributed by atoms with Crippen LogP contribution in [0.5, 0.6) is 0 Å². The van der Waals surface area contributed by atoms with Crippen molar-refractivity contribution in [3.05, 3.63) is 64.5 Å². The number of nitrogens with one attached hydrogen (secondary N) is 1. The lowest BCUT2D eigenvalue weighted by atomic mass is 10.0. The molecular weight excluding hydrogens is 346 g/mol. The molecule has 0 bridgehead atoms. The van der Waals surface area contributed by atoms with Crippen LogP contribution in [-0.4, -0.2) is 25.7 Å². The van der Waals surface area contributed by atoms with E-state index in [-0.39, 0.29) is 22.0 Å². The minimum Gasteiger partial charge on any atom is -0.478 e. The Labute approximate surface area is 142 Å². The number of rotatable bonds is 4. The van der Waals surface area contributed by atoms with Gasteiger partial charge in [-0.25, -0.2) is 13.2 Å². The minimum absolute atomic E-state index is 0.0274. The summed E-state index contributed by atoms with van der Waals surface area (Å²) in [6, 6.07) is 10.3. The third-order valence-electron chi connectivity index (χ3n) is 3.52. The Balaban J connectivity index is 2.04. The zero-order valence-electron chi connectivity index (χ0n) is 13.0. The van der Waals surface area contributed by atoms with Gasteiger partial charge in [-0.2, -0.15) is 0 Å². The summed E-state index contributed by atoms with van der Waals surface area (Å²) in [7, 11) is -3.38. The Morgan fingerprint density at radius 1 is 1.12 bits per heavy atom. The molecule has 1 heterocycles. The fourth-order valence-corrected chi connectivity index (χ4v) is 2.96. The highest BCUT2D eigenvalue weighted by atomic mass is 32.2. The molecule has 7 nitrogen and oxygen atoms in total. The van der Waals surface area contributed by atoms with Gasteiger partial charge in [-0.05, 0) is 35.9 Å². The van der Waals surface area contributed by atoms with Crippen LogP contribution < -0.4 is 10.2 Å². The van der Waals surface area contributed by atoms with Crippen LogP contribution >= 0.6 is 0 Å². The van der Waals surface area contributed by atoms with Gasteiger partial charge in [0.25, 0.3) is 0 Å². The first-order chi connectivity index (χ1) is 11.7. The van der Waals surface area contributed by atoms with E-state index in [1.54, 1.807) is 12.1 Å². The molecule has 0 spiro atoms. The molecule has 0 unspecified atom stereocenters. The first-order valence-electron chi connectivity index (χ1n) is 7.12. The largest absolute Gasteiger partial charge is 0.478 e. The molecule has 3 rings (SSSR count). The molecule has 3 aromatic rings. The lowest BCUT2D eigenvalue weighted by molar-refractivity contribution is 0.0697. The Morgan fingerprint density at radius 3 is 2.40 bits per heavy atom.